The van der Waals surface area contributed by atoms with Crippen LogP contribution in [-0.4, -0.2) is 30.1 Å². The lowest BCUT2D eigenvalue weighted by molar-refractivity contribution is 0.101. The van der Waals surface area contributed by atoms with Gasteiger partial charge in [0, 0.05) is 12.1 Å². The maximum atomic E-state index is 14.0. The number of Topliss-reactive ketones (excluding diaryl/α,β-unsaturated/α-hetero) is 1. The van der Waals surface area contributed by atoms with E-state index >= 15 is 0 Å². The van der Waals surface area contributed by atoms with E-state index < -0.39 is 0 Å². The Morgan fingerprint density at radius 2 is 2.28 bits per heavy atom. The molecule has 18 heavy (non-hydrogen) atoms. The van der Waals surface area contributed by atoms with Crippen molar-refractivity contribution in [2.24, 2.45) is 0 Å². The van der Waals surface area contributed by atoms with E-state index in [0.717, 1.165) is 19.3 Å². The van der Waals surface area contributed by atoms with Crippen molar-refractivity contribution < 1.29 is 14.3 Å². The first kappa shape index (κ1) is 13.0. The average molecular weight is 251 g/mol. The van der Waals surface area contributed by atoms with Gasteiger partial charge in [-0.2, -0.15) is 0 Å². The summed E-state index contributed by atoms with van der Waals surface area (Å²) < 4.78 is 14.0. The molecule has 1 unspecified atom stereocenters. The second-order valence-corrected chi connectivity index (χ2v) is 4.72. The largest absolute Gasteiger partial charge is 0.394 e. The number of para-hydroxylation sites is 1. The first-order valence-electron chi connectivity index (χ1n) is 6.32. The van der Waals surface area contributed by atoms with Gasteiger partial charge in [0.15, 0.2) is 5.78 Å². The topological polar surface area (TPSA) is 40.5 Å². The molecule has 0 saturated carbocycles. The number of aliphatic hydroxyl groups is 1. The van der Waals surface area contributed by atoms with Gasteiger partial charge in [0.05, 0.1) is 18.3 Å². The molecule has 1 aliphatic rings. The van der Waals surface area contributed by atoms with Gasteiger partial charge in [0.1, 0.15) is 5.82 Å². The predicted octanol–water partition coefficient (Wildman–Crippen LogP) is 2.38. The third kappa shape index (κ3) is 2.38. The summed E-state index contributed by atoms with van der Waals surface area (Å²) in [5, 5.41) is 9.39. The van der Waals surface area contributed by atoms with E-state index in [1.807, 2.05) is 4.90 Å². The van der Waals surface area contributed by atoms with Gasteiger partial charge in [-0.15, -0.1) is 0 Å². The zero-order valence-electron chi connectivity index (χ0n) is 10.5. The number of carbonyl (C=O) groups excluding carboxylic acids is 1. The number of halogens is 1. The first-order valence-corrected chi connectivity index (χ1v) is 6.32. The molecular formula is C14H18FNO2. The third-order valence-electron chi connectivity index (χ3n) is 3.49. The molecule has 4 heteroatoms. The van der Waals surface area contributed by atoms with Crippen LogP contribution in [-0.2, 0) is 0 Å². The van der Waals surface area contributed by atoms with Crippen LogP contribution in [0.25, 0.3) is 0 Å². The normalized spacial score (nSPS) is 19.9. The molecular weight excluding hydrogens is 233 g/mol. The second kappa shape index (κ2) is 5.48. The highest BCUT2D eigenvalue weighted by atomic mass is 19.1. The number of anilines is 1. The Morgan fingerprint density at radius 3 is 2.94 bits per heavy atom. The van der Waals surface area contributed by atoms with Crippen LogP contribution in [0.4, 0.5) is 10.1 Å². The van der Waals surface area contributed by atoms with Crippen LogP contribution in [0.15, 0.2) is 18.2 Å². The molecule has 3 nitrogen and oxygen atoms in total. The molecule has 1 aliphatic heterocycles. The molecule has 1 N–H and O–H groups in total. The van der Waals surface area contributed by atoms with Crippen LogP contribution in [0, 0.1) is 5.82 Å². The fraction of sp³-hybridized carbons (Fsp3) is 0.500. The fourth-order valence-corrected chi connectivity index (χ4v) is 2.58. The third-order valence-corrected chi connectivity index (χ3v) is 3.49. The lowest BCUT2D eigenvalue weighted by atomic mass is 9.99. The number of benzene rings is 1. The Morgan fingerprint density at radius 1 is 1.50 bits per heavy atom. The van der Waals surface area contributed by atoms with Gasteiger partial charge in [-0.25, -0.2) is 4.39 Å². The van der Waals surface area contributed by atoms with E-state index in [2.05, 4.69) is 0 Å². The molecule has 1 aromatic carbocycles. The summed E-state index contributed by atoms with van der Waals surface area (Å²) in [5.41, 5.74) is 0.749. The minimum absolute atomic E-state index is 0.00825. The lowest BCUT2D eigenvalue weighted by Gasteiger charge is -2.37. The van der Waals surface area contributed by atoms with E-state index in [1.165, 1.54) is 13.0 Å². The maximum Gasteiger partial charge on any atom is 0.161 e. The Kier molecular flexibility index (Phi) is 3.97. The summed E-state index contributed by atoms with van der Waals surface area (Å²) in [6.45, 7) is 2.12. The SMILES string of the molecule is CC(=O)c1cccc(F)c1N1CCCCC1CO. The number of aliphatic hydroxyl groups excluding tert-OH is 1. The number of piperidine rings is 1. The van der Waals surface area contributed by atoms with E-state index in [4.69, 9.17) is 0 Å². The zero-order valence-corrected chi connectivity index (χ0v) is 10.5. The van der Waals surface area contributed by atoms with Gasteiger partial charge in [-0.3, -0.25) is 4.79 Å². The quantitative estimate of drug-likeness (QED) is 0.838. The predicted molar refractivity (Wildman–Crippen MR) is 68.5 cm³/mol. The molecule has 1 heterocycles. The highest BCUT2D eigenvalue weighted by molar-refractivity contribution is 5.99. The Balaban J connectivity index is 2.44. The summed E-state index contributed by atoms with van der Waals surface area (Å²) >= 11 is 0. The molecule has 98 valence electrons. The minimum atomic E-state index is -0.386. The molecule has 0 spiro atoms. The lowest BCUT2D eigenvalue weighted by Crippen LogP contribution is -2.43. The van der Waals surface area contributed by atoms with Crippen LogP contribution in [0.1, 0.15) is 36.5 Å². The maximum absolute atomic E-state index is 14.0. The molecule has 1 aromatic rings. The van der Waals surface area contributed by atoms with Crippen molar-refractivity contribution in [1.29, 1.82) is 0 Å². The Hall–Kier alpha value is -1.42. The van der Waals surface area contributed by atoms with Gasteiger partial charge in [-0.05, 0) is 38.3 Å². The monoisotopic (exact) mass is 251 g/mol. The molecule has 0 aliphatic carbocycles. The van der Waals surface area contributed by atoms with Crippen LogP contribution in [0.2, 0.25) is 0 Å². The molecule has 0 amide bonds. The van der Waals surface area contributed by atoms with Gasteiger partial charge < -0.3 is 10.0 Å². The molecule has 2 rings (SSSR count). The second-order valence-electron chi connectivity index (χ2n) is 4.72. The molecule has 0 bridgehead atoms. The van der Waals surface area contributed by atoms with Gasteiger partial charge >= 0.3 is 0 Å². The highest BCUT2D eigenvalue weighted by Gasteiger charge is 2.27. The van der Waals surface area contributed by atoms with E-state index in [0.29, 0.717) is 17.8 Å². The van der Waals surface area contributed by atoms with Gasteiger partial charge in [0.2, 0.25) is 0 Å². The number of hydrogen-bond donors (Lipinski definition) is 1. The van der Waals surface area contributed by atoms with Crippen LogP contribution in [0.3, 0.4) is 0 Å². The van der Waals surface area contributed by atoms with Crippen molar-refractivity contribution in [2.75, 3.05) is 18.1 Å². The van der Waals surface area contributed by atoms with Crippen molar-refractivity contribution in [2.45, 2.75) is 32.2 Å². The van der Waals surface area contributed by atoms with Crippen molar-refractivity contribution in [1.82, 2.24) is 0 Å². The number of carbonyl (C=O) groups is 1. The molecule has 1 saturated heterocycles. The van der Waals surface area contributed by atoms with Gasteiger partial charge in [0.25, 0.3) is 0 Å². The van der Waals surface area contributed by atoms with Gasteiger partial charge in [-0.1, -0.05) is 6.07 Å². The average Bonchev–Trinajstić information content (AvgIpc) is 2.38. The molecule has 0 aromatic heterocycles. The van der Waals surface area contributed by atoms with E-state index in [9.17, 15) is 14.3 Å². The summed E-state index contributed by atoms with van der Waals surface area (Å²) in [5.74, 6) is -0.533. The van der Waals surface area contributed by atoms with Crippen molar-refractivity contribution in [3.8, 4) is 0 Å². The number of nitrogens with zero attached hydrogens (tertiary/aromatic N) is 1. The Labute approximate surface area is 106 Å². The number of ketones is 1. The number of hydrogen-bond acceptors (Lipinski definition) is 3. The van der Waals surface area contributed by atoms with E-state index in [1.54, 1.807) is 12.1 Å². The zero-order chi connectivity index (χ0) is 13.1. The molecule has 1 atom stereocenters. The summed E-state index contributed by atoms with van der Waals surface area (Å²) in [6, 6.07) is 4.47. The minimum Gasteiger partial charge on any atom is -0.394 e. The smallest absolute Gasteiger partial charge is 0.161 e. The number of rotatable bonds is 3. The van der Waals surface area contributed by atoms with Crippen molar-refractivity contribution >= 4 is 11.5 Å². The summed E-state index contributed by atoms with van der Waals surface area (Å²) in [7, 11) is 0. The molecule has 0 radical (unpaired) electrons. The van der Waals surface area contributed by atoms with Crippen LogP contribution < -0.4 is 4.90 Å². The standard InChI is InChI=1S/C14H18FNO2/c1-10(18)12-6-4-7-13(15)14(12)16-8-3-2-5-11(16)9-17/h4,6-7,11,17H,2-3,5,8-9H2,1H3. The molecule has 1 fully saturated rings. The summed E-state index contributed by atoms with van der Waals surface area (Å²) in [4.78, 5) is 13.4. The van der Waals surface area contributed by atoms with Crippen LogP contribution >= 0.6 is 0 Å². The summed E-state index contributed by atoms with van der Waals surface area (Å²) in [6.07, 6.45) is 2.83. The Bertz CT molecular complexity index is 447. The fourth-order valence-electron chi connectivity index (χ4n) is 2.58. The van der Waals surface area contributed by atoms with E-state index in [-0.39, 0.29) is 24.2 Å². The van der Waals surface area contributed by atoms with Crippen molar-refractivity contribution in [3.63, 3.8) is 0 Å². The van der Waals surface area contributed by atoms with Crippen LogP contribution in [0.5, 0.6) is 0 Å². The first-order chi connectivity index (χ1) is 8.65. The van der Waals surface area contributed by atoms with Crippen molar-refractivity contribution in [3.05, 3.63) is 29.6 Å². The highest BCUT2D eigenvalue weighted by Crippen LogP contribution is 2.30.